The van der Waals surface area contributed by atoms with Gasteiger partial charge in [-0.25, -0.2) is 13.1 Å². The molecule has 0 amide bonds. The van der Waals surface area contributed by atoms with Crippen molar-refractivity contribution in [2.24, 2.45) is 0 Å². The van der Waals surface area contributed by atoms with Crippen LogP contribution in [0.4, 0.5) is 0 Å². The molecule has 1 atom stereocenters. The van der Waals surface area contributed by atoms with Crippen LogP contribution in [0.25, 0.3) is 0 Å². The van der Waals surface area contributed by atoms with Gasteiger partial charge >= 0.3 is 0 Å². The quantitative estimate of drug-likeness (QED) is 0.671. The summed E-state index contributed by atoms with van der Waals surface area (Å²) in [6.45, 7) is 5.74. The van der Waals surface area contributed by atoms with Gasteiger partial charge in [-0.05, 0) is 62.7 Å². The van der Waals surface area contributed by atoms with Crippen molar-refractivity contribution in [2.45, 2.75) is 31.7 Å². The van der Waals surface area contributed by atoms with Gasteiger partial charge in [0, 0.05) is 12.2 Å². The Hall–Kier alpha value is -2.58. The highest BCUT2D eigenvalue weighted by molar-refractivity contribution is 7.89. The van der Waals surface area contributed by atoms with Gasteiger partial charge in [-0.1, -0.05) is 0 Å². The van der Waals surface area contributed by atoms with Crippen LogP contribution in [-0.2, 0) is 10.0 Å². The highest BCUT2D eigenvalue weighted by atomic mass is 32.2. The Morgan fingerprint density at radius 1 is 1.22 bits per heavy atom. The van der Waals surface area contributed by atoms with E-state index in [2.05, 4.69) is 9.82 Å². The van der Waals surface area contributed by atoms with Crippen molar-refractivity contribution < 1.29 is 17.6 Å². The average molecular weight is 389 g/mol. The Morgan fingerprint density at radius 2 is 2.00 bits per heavy atom. The van der Waals surface area contributed by atoms with Crippen molar-refractivity contribution in [3.8, 4) is 5.75 Å². The third-order valence-electron chi connectivity index (χ3n) is 4.35. The minimum absolute atomic E-state index is 0.114. The lowest BCUT2D eigenvalue weighted by atomic mass is 10.2. The van der Waals surface area contributed by atoms with Gasteiger partial charge in [0.1, 0.15) is 17.6 Å². The van der Waals surface area contributed by atoms with E-state index in [0.717, 1.165) is 17.0 Å². The molecule has 8 heteroatoms. The van der Waals surface area contributed by atoms with Crippen molar-refractivity contribution in [1.82, 2.24) is 14.5 Å². The van der Waals surface area contributed by atoms with Crippen LogP contribution in [0.2, 0.25) is 0 Å². The van der Waals surface area contributed by atoms with Crippen LogP contribution in [0.15, 0.2) is 52.0 Å². The van der Waals surface area contributed by atoms with Gasteiger partial charge in [-0.2, -0.15) is 5.10 Å². The van der Waals surface area contributed by atoms with E-state index in [1.807, 2.05) is 26.0 Å². The first-order valence-electron chi connectivity index (χ1n) is 8.52. The number of aromatic nitrogens is 2. The normalized spacial score (nSPS) is 12.9. The number of rotatable bonds is 7. The minimum atomic E-state index is -3.70. The molecule has 0 aliphatic rings. The Bertz CT molecular complexity index is 1020. The number of furan rings is 1. The summed E-state index contributed by atoms with van der Waals surface area (Å²) in [7, 11) is -2.14. The van der Waals surface area contributed by atoms with Crippen LogP contribution < -0.4 is 9.46 Å². The molecule has 1 aromatic carbocycles. The topological polar surface area (TPSA) is 86.4 Å². The second kappa shape index (κ2) is 7.58. The van der Waals surface area contributed by atoms with Crippen molar-refractivity contribution in [3.63, 3.8) is 0 Å². The van der Waals surface area contributed by atoms with E-state index in [4.69, 9.17) is 9.15 Å². The fourth-order valence-corrected chi connectivity index (χ4v) is 4.16. The molecule has 0 spiro atoms. The summed E-state index contributed by atoms with van der Waals surface area (Å²) in [6.07, 6.45) is 1.56. The van der Waals surface area contributed by atoms with Gasteiger partial charge in [0.25, 0.3) is 0 Å². The number of sulfonamides is 1. The third kappa shape index (κ3) is 4.06. The van der Waals surface area contributed by atoms with E-state index in [9.17, 15) is 8.42 Å². The molecule has 2 heterocycles. The molecule has 3 rings (SSSR count). The lowest BCUT2D eigenvalue weighted by Crippen LogP contribution is -2.32. The van der Waals surface area contributed by atoms with Crippen LogP contribution >= 0.6 is 0 Å². The molecule has 0 aliphatic heterocycles. The SMILES string of the molecule is COc1ccc(S(=O)(=O)NCC(c2ccco2)n2nc(C)cc2C)cc1C. The molecular formula is C19H23N3O4S. The van der Waals surface area contributed by atoms with Crippen molar-refractivity contribution in [3.05, 3.63) is 65.4 Å². The van der Waals surface area contributed by atoms with E-state index in [-0.39, 0.29) is 17.5 Å². The number of nitrogens with zero attached hydrogens (tertiary/aromatic N) is 2. The average Bonchev–Trinajstić information content (AvgIpc) is 3.25. The van der Waals surface area contributed by atoms with Crippen molar-refractivity contribution >= 4 is 10.0 Å². The first-order chi connectivity index (χ1) is 12.8. The summed E-state index contributed by atoms with van der Waals surface area (Å²) >= 11 is 0. The maximum atomic E-state index is 12.8. The zero-order chi connectivity index (χ0) is 19.6. The third-order valence-corrected chi connectivity index (χ3v) is 5.78. The molecular weight excluding hydrogens is 366 g/mol. The first-order valence-corrected chi connectivity index (χ1v) is 10.0. The number of aryl methyl sites for hydroxylation is 3. The predicted octanol–water partition coefficient (Wildman–Crippen LogP) is 2.98. The molecule has 144 valence electrons. The molecule has 0 radical (unpaired) electrons. The van der Waals surface area contributed by atoms with E-state index in [1.54, 1.807) is 43.2 Å². The fraction of sp³-hybridized carbons (Fsp3) is 0.316. The zero-order valence-corrected chi connectivity index (χ0v) is 16.6. The number of benzene rings is 1. The smallest absolute Gasteiger partial charge is 0.240 e. The van der Waals surface area contributed by atoms with Crippen molar-refractivity contribution in [1.29, 1.82) is 0 Å². The number of hydrogen-bond donors (Lipinski definition) is 1. The van der Waals surface area contributed by atoms with Gasteiger partial charge in [0.05, 0.1) is 24.0 Å². The van der Waals surface area contributed by atoms with Gasteiger partial charge in [-0.3, -0.25) is 4.68 Å². The zero-order valence-electron chi connectivity index (χ0n) is 15.8. The molecule has 7 nitrogen and oxygen atoms in total. The largest absolute Gasteiger partial charge is 0.496 e. The van der Waals surface area contributed by atoms with Gasteiger partial charge in [0.15, 0.2) is 0 Å². The predicted molar refractivity (Wildman–Crippen MR) is 101 cm³/mol. The van der Waals surface area contributed by atoms with E-state index in [1.165, 1.54) is 6.07 Å². The van der Waals surface area contributed by atoms with E-state index >= 15 is 0 Å². The minimum Gasteiger partial charge on any atom is -0.496 e. The number of nitrogens with one attached hydrogen (secondary N) is 1. The summed E-state index contributed by atoms with van der Waals surface area (Å²) in [4.78, 5) is 0.187. The van der Waals surface area contributed by atoms with E-state index in [0.29, 0.717) is 11.5 Å². The van der Waals surface area contributed by atoms with Crippen LogP contribution in [0, 0.1) is 20.8 Å². The highest BCUT2D eigenvalue weighted by Gasteiger charge is 2.23. The van der Waals surface area contributed by atoms with Gasteiger partial charge in [-0.15, -0.1) is 0 Å². The molecule has 2 aromatic heterocycles. The maximum absolute atomic E-state index is 12.8. The van der Waals surface area contributed by atoms with Crippen LogP contribution in [-0.4, -0.2) is 31.9 Å². The summed E-state index contributed by atoms with van der Waals surface area (Å²) in [6, 6.07) is 9.91. The Kier molecular flexibility index (Phi) is 5.38. The Morgan fingerprint density at radius 3 is 2.56 bits per heavy atom. The number of ether oxygens (including phenoxy) is 1. The van der Waals surface area contributed by atoms with Crippen LogP contribution in [0.3, 0.4) is 0 Å². The maximum Gasteiger partial charge on any atom is 0.240 e. The van der Waals surface area contributed by atoms with Gasteiger partial charge in [0.2, 0.25) is 10.0 Å². The standard InChI is InChI=1S/C19H23N3O4S/c1-13-10-16(7-8-18(13)25-4)27(23,24)20-12-17(19-6-5-9-26-19)22-15(3)11-14(2)21-22/h5-11,17,20H,12H2,1-4H3. The monoisotopic (exact) mass is 389 g/mol. The van der Waals surface area contributed by atoms with Gasteiger partial charge < -0.3 is 9.15 Å². The second-order valence-corrected chi connectivity index (χ2v) is 8.15. The summed E-state index contributed by atoms with van der Waals surface area (Å²) < 4.78 is 40.7. The Balaban J connectivity index is 1.87. The molecule has 0 fully saturated rings. The number of hydrogen-bond acceptors (Lipinski definition) is 5. The Labute approximate surface area is 159 Å². The van der Waals surface area contributed by atoms with Crippen LogP contribution in [0.5, 0.6) is 5.75 Å². The lowest BCUT2D eigenvalue weighted by Gasteiger charge is -2.18. The molecule has 0 saturated carbocycles. The number of methoxy groups -OCH3 is 1. The molecule has 3 aromatic rings. The molecule has 1 N–H and O–H groups in total. The molecule has 27 heavy (non-hydrogen) atoms. The van der Waals surface area contributed by atoms with Crippen molar-refractivity contribution in [2.75, 3.05) is 13.7 Å². The second-order valence-electron chi connectivity index (χ2n) is 6.39. The molecule has 0 saturated heterocycles. The fourth-order valence-electron chi connectivity index (χ4n) is 3.04. The van der Waals surface area contributed by atoms with Crippen LogP contribution in [0.1, 0.15) is 28.8 Å². The molecule has 0 bridgehead atoms. The van der Waals surface area contributed by atoms with E-state index < -0.39 is 10.0 Å². The lowest BCUT2D eigenvalue weighted by molar-refractivity contribution is 0.396. The molecule has 1 unspecified atom stereocenters. The summed E-state index contributed by atoms with van der Waals surface area (Å²) in [5.74, 6) is 1.28. The summed E-state index contributed by atoms with van der Waals surface area (Å²) in [5.41, 5.74) is 2.53. The first kappa shape index (κ1) is 19.2. The summed E-state index contributed by atoms with van der Waals surface area (Å²) in [5, 5.41) is 4.48. The molecule has 0 aliphatic carbocycles. The highest BCUT2D eigenvalue weighted by Crippen LogP contribution is 2.23.